The van der Waals surface area contributed by atoms with Gasteiger partial charge in [0.1, 0.15) is 5.65 Å². The molecule has 0 N–H and O–H groups in total. The molecule has 1 aromatic carbocycles. The molecule has 1 saturated heterocycles. The summed E-state index contributed by atoms with van der Waals surface area (Å²) in [5.41, 5.74) is 2.20. The minimum absolute atomic E-state index is 0.0280. The van der Waals surface area contributed by atoms with Crippen LogP contribution in [0.25, 0.3) is 5.65 Å². The molecule has 2 aromatic heterocycles. The summed E-state index contributed by atoms with van der Waals surface area (Å²) < 4.78 is 41.9. The lowest BCUT2D eigenvalue weighted by Crippen LogP contribution is -2.36. The first kappa shape index (κ1) is 20.4. The van der Waals surface area contributed by atoms with Gasteiger partial charge in [0.15, 0.2) is 0 Å². The van der Waals surface area contributed by atoms with Crippen LogP contribution in [-0.4, -0.2) is 33.3 Å². The Bertz CT molecular complexity index is 1050. The number of rotatable bonds is 4. The lowest BCUT2D eigenvalue weighted by Gasteiger charge is -2.28. The number of amides is 1. The highest BCUT2D eigenvalue weighted by atomic mass is 19.4. The zero-order valence-electron chi connectivity index (χ0n) is 16.8. The Balaban J connectivity index is 1.76. The van der Waals surface area contributed by atoms with Crippen molar-refractivity contribution in [2.75, 3.05) is 13.1 Å². The van der Waals surface area contributed by atoms with E-state index in [1.54, 1.807) is 12.3 Å². The second kappa shape index (κ2) is 8.13. The van der Waals surface area contributed by atoms with E-state index in [4.69, 9.17) is 0 Å². The van der Waals surface area contributed by atoms with Crippen molar-refractivity contribution in [3.63, 3.8) is 0 Å². The topological polar surface area (TPSA) is 37.6 Å². The average molecular weight is 415 g/mol. The molecule has 30 heavy (non-hydrogen) atoms. The van der Waals surface area contributed by atoms with Gasteiger partial charge in [0.25, 0.3) is 0 Å². The first-order chi connectivity index (χ1) is 14.3. The van der Waals surface area contributed by atoms with E-state index in [1.807, 2.05) is 34.6 Å². The summed E-state index contributed by atoms with van der Waals surface area (Å²) in [4.78, 5) is 19.3. The number of carbonyl (C=O) groups excluding carboxylic acids is 1. The highest BCUT2D eigenvalue weighted by Crippen LogP contribution is 2.35. The van der Waals surface area contributed by atoms with Crippen molar-refractivity contribution in [1.82, 2.24) is 14.3 Å². The number of aryl methyl sites for hydroxylation is 1. The van der Waals surface area contributed by atoms with Gasteiger partial charge >= 0.3 is 6.18 Å². The van der Waals surface area contributed by atoms with E-state index in [0.29, 0.717) is 18.7 Å². The highest BCUT2D eigenvalue weighted by molar-refractivity contribution is 5.78. The number of pyridine rings is 1. The van der Waals surface area contributed by atoms with Gasteiger partial charge in [0.2, 0.25) is 5.91 Å². The number of benzene rings is 1. The SMILES string of the molecule is Cc1cccn2c(C(CC(=O)N3CCCCC3)c3cccc(C(F)(F)F)c3)cnc12. The molecule has 1 fully saturated rings. The maximum absolute atomic E-state index is 13.3. The third-order valence-electron chi connectivity index (χ3n) is 5.82. The van der Waals surface area contributed by atoms with Crippen molar-refractivity contribution in [3.8, 4) is 0 Å². The molecule has 1 aliphatic rings. The van der Waals surface area contributed by atoms with Gasteiger partial charge in [0, 0.05) is 37.8 Å². The predicted molar refractivity (Wildman–Crippen MR) is 108 cm³/mol. The van der Waals surface area contributed by atoms with Gasteiger partial charge in [-0.25, -0.2) is 4.98 Å². The number of hydrogen-bond acceptors (Lipinski definition) is 2. The molecule has 0 radical (unpaired) electrons. The number of likely N-dealkylation sites (tertiary alicyclic amines) is 1. The van der Waals surface area contributed by atoms with Gasteiger partial charge in [-0.2, -0.15) is 13.2 Å². The predicted octanol–water partition coefficient (Wildman–Crippen LogP) is 5.20. The van der Waals surface area contributed by atoms with Crippen molar-refractivity contribution >= 4 is 11.6 Å². The van der Waals surface area contributed by atoms with Gasteiger partial charge in [-0.05, 0) is 49.4 Å². The summed E-state index contributed by atoms with van der Waals surface area (Å²) in [7, 11) is 0. The molecule has 4 rings (SSSR count). The fraction of sp³-hybridized carbons (Fsp3) is 0.391. The van der Waals surface area contributed by atoms with Crippen LogP contribution in [0.15, 0.2) is 48.8 Å². The summed E-state index contributed by atoms with van der Waals surface area (Å²) in [6.45, 7) is 3.35. The molecule has 4 nitrogen and oxygen atoms in total. The quantitative estimate of drug-likeness (QED) is 0.588. The minimum atomic E-state index is -4.44. The minimum Gasteiger partial charge on any atom is -0.343 e. The van der Waals surface area contributed by atoms with Crippen LogP contribution in [0.1, 0.15) is 54.0 Å². The van der Waals surface area contributed by atoms with E-state index in [2.05, 4.69) is 4.98 Å². The molecule has 0 spiro atoms. The molecule has 3 aromatic rings. The second-order valence-electron chi connectivity index (χ2n) is 7.89. The summed E-state index contributed by atoms with van der Waals surface area (Å²) in [6, 6.07) is 9.10. The molecule has 1 atom stereocenters. The molecular weight excluding hydrogens is 391 g/mol. The number of halogens is 3. The first-order valence-electron chi connectivity index (χ1n) is 10.2. The van der Waals surface area contributed by atoms with Gasteiger partial charge in [-0.1, -0.05) is 24.3 Å². The number of fused-ring (bicyclic) bond motifs is 1. The summed E-state index contributed by atoms with van der Waals surface area (Å²) >= 11 is 0. The van der Waals surface area contributed by atoms with Crippen LogP contribution in [0.5, 0.6) is 0 Å². The van der Waals surface area contributed by atoms with Crippen LogP contribution in [-0.2, 0) is 11.0 Å². The van der Waals surface area contributed by atoms with Crippen LogP contribution in [0.4, 0.5) is 13.2 Å². The number of alkyl halides is 3. The third kappa shape index (κ3) is 4.06. The van der Waals surface area contributed by atoms with Crippen molar-refractivity contribution in [1.29, 1.82) is 0 Å². The third-order valence-corrected chi connectivity index (χ3v) is 5.82. The van der Waals surface area contributed by atoms with E-state index in [1.165, 1.54) is 6.07 Å². The Morgan fingerprint density at radius 3 is 2.63 bits per heavy atom. The van der Waals surface area contributed by atoms with Crippen molar-refractivity contribution < 1.29 is 18.0 Å². The zero-order valence-corrected chi connectivity index (χ0v) is 16.8. The Morgan fingerprint density at radius 1 is 1.13 bits per heavy atom. The maximum atomic E-state index is 13.3. The highest BCUT2D eigenvalue weighted by Gasteiger charge is 2.32. The number of carbonyl (C=O) groups is 1. The fourth-order valence-corrected chi connectivity index (χ4v) is 4.20. The molecule has 7 heteroatoms. The maximum Gasteiger partial charge on any atom is 0.416 e. The molecule has 1 amide bonds. The number of nitrogens with zero attached hydrogens (tertiary/aromatic N) is 3. The molecule has 0 aliphatic carbocycles. The van der Waals surface area contributed by atoms with Crippen LogP contribution in [0.2, 0.25) is 0 Å². The molecule has 1 unspecified atom stereocenters. The smallest absolute Gasteiger partial charge is 0.343 e. The summed E-state index contributed by atoms with van der Waals surface area (Å²) in [6.07, 6.45) is 2.24. The standard InChI is InChI=1S/C23H24F3N3O/c1-16-7-6-12-29-20(15-27-22(16)29)19(14-21(30)28-10-3-2-4-11-28)17-8-5-9-18(13-17)23(24,25)26/h5-9,12-13,15,19H,2-4,10-11,14H2,1H3. The van der Waals surface area contributed by atoms with Gasteiger partial charge in [-0.3, -0.25) is 4.79 Å². The summed E-state index contributed by atoms with van der Waals surface area (Å²) in [5.74, 6) is -0.543. The number of aromatic nitrogens is 2. The van der Waals surface area contributed by atoms with Crippen LogP contribution in [0.3, 0.4) is 0 Å². The van der Waals surface area contributed by atoms with E-state index in [9.17, 15) is 18.0 Å². The molecule has 3 heterocycles. The van der Waals surface area contributed by atoms with E-state index < -0.39 is 17.7 Å². The largest absolute Gasteiger partial charge is 0.416 e. The Kier molecular flexibility index (Phi) is 5.54. The van der Waals surface area contributed by atoms with Crippen LogP contribution >= 0.6 is 0 Å². The summed E-state index contributed by atoms with van der Waals surface area (Å²) in [5, 5.41) is 0. The lowest BCUT2D eigenvalue weighted by atomic mass is 9.90. The molecular formula is C23H24F3N3O. The normalized spacial score (nSPS) is 16.1. The van der Waals surface area contributed by atoms with Crippen LogP contribution < -0.4 is 0 Å². The monoisotopic (exact) mass is 415 g/mol. The lowest BCUT2D eigenvalue weighted by molar-refractivity contribution is -0.137. The Labute approximate surface area is 173 Å². The fourth-order valence-electron chi connectivity index (χ4n) is 4.20. The Morgan fingerprint density at radius 2 is 1.90 bits per heavy atom. The second-order valence-corrected chi connectivity index (χ2v) is 7.89. The van der Waals surface area contributed by atoms with E-state index in [0.717, 1.165) is 48.3 Å². The van der Waals surface area contributed by atoms with Crippen molar-refractivity contribution in [3.05, 3.63) is 71.2 Å². The average Bonchev–Trinajstić information content (AvgIpc) is 3.17. The van der Waals surface area contributed by atoms with E-state index in [-0.39, 0.29) is 12.3 Å². The molecule has 158 valence electrons. The van der Waals surface area contributed by atoms with Crippen molar-refractivity contribution in [2.45, 2.75) is 44.7 Å². The zero-order chi connectivity index (χ0) is 21.3. The van der Waals surface area contributed by atoms with Gasteiger partial charge in [-0.15, -0.1) is 0 Å². The molecule has 0 saturated carbocycles. The number of hydrogen-bond donors (Lipinski definition) is 0. The number of piperidine rings is 1. The number of imidazole rings is 1. The first-order valence-corrected chi connectivity index (χ1v) is 10.2. The Hall–Kier alpha value is -2.83. The molecule has 0 bridgehead atoms. The van der Waals surface area contributed by atoms with Crippen LogP contribution in [0, 0.1) is 6.92 Å². The van der Waals surface area contributed by atoms with Crippen molar-refractivity contribution in [2.24, 2.45) is 0 Å². The van der Waals surface area contributed by atoms with E-state index >= 15 is 0 Å². The molecule has 1 aliphatic heterocycles. The van der Waals surface area contributed by atoms with Gasteiger partial charge < -0.3 is 9.30 Å². The van der Waals surface area contributed by atoms with Gasteiger partial charge in [0.05, 0.1) is 11.3 Å².